The van der Waals surface area contributed by atoms with Crippen LogP contribution >= 0.6 is 44.1 Å². The molecule has 0 radical (unpaired) electrons. The van der Waals surface area contributed by atoms with Crippen LogP contribution in [0.2, 0.25) is 0 Å². The monoisotopic (exact) mass is 534 g/mol. The quantitative estimate of drug-likeness (QED) is 0.255. The molecule has 148 valence electrons. The van der Waals surface area contributed by atoms with E-state index in [1.54, 1.807) is 30.3 Å². The van der Waals surface area contributed by atoms with E-state index in [4.69, 9.17) is 17.0 Å². The summed E-state index contributed by atoms with van der Waals surface area (Å²) in [6.45, 7) is 5.93. The summed E-state index contributed by atoms with van der Waals surface area (Å²) >= 11 is 12.1. The Morgan fingerprint density at radius 3 is 2.38 bits per heavy atom. The number of carbonyl (C=O) groups excluding carboxylic acids is 2. The predicted molar refractivity (Wildman–Crippen MR) is 125 cm³/mol. The number of amides is 2. The second kappa shape index (κ2) is 9.02. The van der Waals surface area contributed by atoms with Gasteiger partial charge in [0.2, 0.25) is 0 Å². The minimum atomic E-state index is -0.539. The summed E-state index contributed by atoms with van der Waals surface area (Å²) in [6.07, 6.45) is 3.16. The Kier molecular flexibility index (Phi) is 6.66. The van der Waals surface area contributed by atoms with E-state index in [1.165, 1.54) is 11.0 Å². The lowest BCUT2D eigenvalue weighted by Gasteiger charge is -2.29. The van der Waals surface area contributed by atoms with E-state index in [0.717, 1.165) is 5.56 Å². The van der Waals surface area contributed by atoms with Crippen LogP contribution in [0.15, 0.2) is 63.6 Å². The maximum Gasteiger partial charge on any atom is 0.270 e. The minimum Gasteiger partial charge on any atom is -0.487 e. The van der Waals surface area contributed by atoms with E-state index in [2.05, 4.69) is 43.8 Å². The van der Waals surface area contributed by atoms with Gasteiger partial charge < -0.3 is 4.74 Å². The Labute approximate surface area is 190 Å². The molecule has 0 aliphatic carbocycles. The fourth-order valence-electron chi connectivity index (χ4n) is 2.70. The summed E-state index contributed by atoms with van der Waals surface area (Å²) in [6, 6.07) is 10.9. The van der Waals surface area contributed by atoms with Gasteiger partial charge in [0.15, 0.2) is 5.11 Å². The number of benzene rings is 2. The van der Waals surface area contributed by atoms with Gasteiger partial charge in [-0.3, -0.25) is 19.8 Å². The van der Waals surface area contributed by atoms with Crippen molar-refractivity contribution in [1.82, 2.24) is 5.32 Å². The first-order valence-corrected chi connectivity index (χ1v) is 10.5. The van der Waals surface area contributed by atoms with Crippen LogP contribution in [0.25, 0.3) is 6.08 Å². The van der Waals surface area contributed by atoms with E-state index in [1.807, 2.05) is 19.1 Å². The highest BCUT2D eigenvalue weighted by molar-refractivity contribution is 9.11. The number of ether oxygens (including phenoxy) is 1. The molecule has 5 nitrogen and oxygen atoms in total. The van der Waals surface area contributed by atoms with Gasteiger partial charge in [-0.05, 0) is 86.9 Å². The molecule has 2 aromatic rings. The highest BCUT2D eigenvalue weighted by Crippen LogP contribution is 2.35. The van der Waals surface area contributed by atoms with Crippen LogP contribution in [0.1, 0.15) is 11.1 Å². The Morgan fingerprint density at radius 2 is 1.79 bits per heavy atom. The van der Waals surface area contributed by atoms with Crippen molar-refractivity contribution in [3.8, 4) is 5.75 Å². The number of rotatable bonds is 5. The Bertz CT molecular complexity index is 1030. The summed E-state index contributed by atoms with van der Waals surface area (Å²) in [7, 11) is 0. The average Bonchev–Trinajstić information content (AvgIpc) is 2.66. The van der Waals surface area contributed by atoms with Gasteiger partial charge in [0, 0.05) is 0 Å². The van der Waals surface area contributed by atoms with E-state index >= 15 is 0 Å². The maximum atomic E-state index is 13.1. The van der Waals surface area contributed by atoms with Gasteiger partial charge in [-0.15, -0.1) is 0 Å². The van der Waals surface area contributed by atoms with E-state index in [0.29, 0.717) is 32.6 Å². The normalized spacial score (nSPS) is 15.5. The second-order valence-electron chi connectivity index (χ2n) is 6.21. The molecule has 0 unspecified atom stereocenters. The van der Waals surface area contributed by atoms with Gasteiger partial charge >= 0.3 is 0 Å². The third-order valence-electron chi connectivity index (χ3n) is 4.07. The third kappa shape index (κ3) is 4.66. The molecule has 0 bridgehead atoms. The van der Waals surface area contributed by atoms with Crippen LogP contribution in [0.5, 0.6) is 5.75 Å². The van der Waals surface area contributed by atoms with Crippen molar-refractivity contribution in [1.29, 1.82) is 0 Å². The average molecular weight is 536 g/mol. The van der Waals surface area contributed by atoms with Crippen LogP contribution in [-0.4, -0.2) is 23.5 Å². The largest absolute Gasteiger partial charge is 0.487 e. The van der Waals surface area contributed by atoms with Crippen LogP contribution in [-0.2, 0) is 9.59 Å². The van der Waals surface area contributed by atoms with E-state index in [9.17, 15) is 9.59 Å². The van der Waals surface area contributed by atoms with Crippen molar-refractivity contribution in [3.05, 3.63) is 74.7 Å². The molecule has 0 saturated carbocycles. The summed E-state index contributed by atoms with van der Waals surface area (Å²) in [5.41, 5.74) is 2.27. The van der Waals surface area contributed by atoms with Crippen molar-refractivity contribution < 1.29 is 14.3 Å². The number of aryl methyl sites for hydroxylation is 1. The van der Waals surface area contributed by atoms with Gasteiger partial charge in [-0.2, -0.15) is 0 Å². The third-order valence-corrected chi connectivity index (χ3v) is 5.53. The van der Waals surface area contributed by atoms with Crippen molar-refractivity contribution in [2.24, 2.45) is 0 Å². The molecule has 3 rings (SSSR count). The number of hydrogen-bond donors (Lipinski definition) is 1. The predicted octanol–water partition coefficient (Wildman–Crippen LogP) is 4.92. The van der Waals surface area contributed by atoms with Crippen LogP contribution in [0.3, 0.4) is 0 Å². The minimum absolute atomic E-state index is 0.0160. The van der Waals surface area contributed by atoms with Crippen LogP contribution in [0, 0.1) is 6.92 Å². The molecule has 29 heavy (non-hydrogen) atoms. The van der Waals surface area contributed by atoms with Crippen LogP contribution < -0.4 is 15.0 Å². The smallest absolute Gasteiger partial charge is 0.270 e. The lowest BCUT2D eigenvalue weighted by atomic mass is 10.1. The van der Waals surface area contributed by atoms with Crippen molar-refractivity contribution in [3.63, 3.8) is 0 Å². The number of nitrogens with zero attached hydrogens (tertiary/aromatic N) is 1. The SMILES string of the molecule is C=CCOc1c(Br)cc(/C=C2/C(=O)NC(=S)N(c3ccc(C)cc3)C2=O)cc1Br. The van der Waals surface area contributed by atoms with Gasteiger partial charge in [0.25, 0.3) is 11.8 Å². The molecule has 1 heterocycles. The molecule has 0 aromatic heterocycles. The molecule has 8 heteroatoms. The zero-order valence-electron chi connectivity index (χ0n) is 15.4. The topological polar surface area (TPSA) is 58.6 Å². The summed E-state index contributed by atoms with van der Waals surface area (Å²) in [5.74, 6) is -0.418. The maximum absolute atomic E-state index is 13.1. The molecule has 1 N–H and O–H groups in total. The van der Waals surface area contributed by atoms with Crippen LogP contribution in [0.4, 0.5) is 5.69 Å². The lowest BCUT2D eigenvalue weighted by Crippen LogP contribution is -2.54. The molecule has 2 amide bonds. The number of thiocarbonyl (C=S) groups is 1. The molecule has 1 fully saturated rings. The molecule has 1 aliphatic heterocycles. The fourth-order valence-corrected chi connectivity index (χ4v) is 4.43. The van der Waals surface area contributed by atoms with Crippen molar-refractivity contribution in [2.75, 3.05) is 11.5 Å². The van der Waals surface area contributed by atoms with Crippen molar-refractivity contribution in [2.45, 2.75) is 6.92 Å². The second-order valence-corrected chi connectivity index (χ2v) is 8.30. The zero-order chi connectivity index (χ0) is 21.1. The highest BCUT2D eigenvalue weighted by atomic mass is 79.9. The lowest BCUT2D eigenvalue weighted by molar-refractivity contribution is -0.122. The zero-order valence-corrected chi connectivity index (χ0v) is 19.4. The van der Waals surface area contributed by atoms with Crippen molar-refractivity contribution >= 4 is 72.8 Å². The molecular formula is C21H16Br2N2O3S. The summed E-state index contributed by atoms with van der Waals surface area (Å²) in [5, 5.41) is 2.63. The standard InChI is InChI=1S/C21H16Br2N2O3S/c1-3-8-28-18-16(22)10-13(11-17(18)23)9-15-19(26)24-21(29)25(20(15)27)14-6-4-12(2)5-7-14/h3-7,9-11H,1,8H2,2H3,(H,24,26,29)/b15-9-. The Balaban J connectivity index is 1.98. The molecule has 2 aromatic carbocycles. The number of carbonyl (C=O) groups is 2. The van der Waals surface area contributed by atoms with Gasteiger partial charge in [-0.25, -0.2) is 0 Å². The van der Waals surface area contributed by atoms with Gasteiger partial charge in [0.05, 0.1) is 14.6 Å². The molecule has 0 atom stereocenters. The first-order chi connectivity index (χ1) is 13.8. The van der Waals surface area contributed by atoms with Gasteiger partial charge in [-0.1, -0.05) is 30.4 Å². The number of anilines is 1. The Hall–Kier alpha value is -2.29. The first-order valence-electron chi connectivity index (χ1n) is 8.52. The van der Waals surface area contributed by atoms with Gasteiger partial charge in [0.1, 0.15) is 17.9 Å². The highest BCUT2D eigenvalue weighted by Gasteiger charge is 2.34. The Morgan fingerprint density at radius 1 is 1.17 bits per heavy atom. The number of halogens is 2. The molecule has 0 spiro atoms. The van der Waals surface area contributed by atoms with E-state index < -0.39 is 11.8 Å². The molecular weight excluding hydrogens is 520 g/mol. The number of nitrogens with one attached hydrogen (secondary N) is 1. The molecule has 1 saturated heterocycles. The van der Waals surface area contributed by atoms with E-state index in [-0.39, 0.29) is 10.7 Å². The number of hydrogen-bond acceptors (Lipinski definition) is 4. The first kappa shape index (κ1) is 21.4. The summed E-state index contributed by atoms with van der Waals surface area (Å²) < 4.78 is 6.95. The summed E-state index contributed by atoms with van der Waals surface area (Å²) in [4.78, 5) is 26.8. The molecule has 1 aliphatic rings. The fraction of sp³-hybridized carbons (Fsp3) is 0.0952.